The average molecular weight is 397 g/mol. The van der Waals surface area contributed by atoms with Crippen LogP contribution >= 0.6 is 0 Å². The molecule has 2 amide bonds. The lowest BCUT2D eigenvalue weighted by molar-refractivity contribution is -0.384. The standard InChI is InChI=1S/C17H14F3N3O5/c18-17(19,20)11-3-1-10(2-4-11)14(24)9-21-15(25)16(26)22-12-5-7-13(8-6-12)23(27)28/h1-8,14,24H,9H2,(H,21,25)(H,22,26). The second-order valence-corrected chi connectivity index (χ2v) is 5.60. The Bertz CT molecular complexity index is 867. The highest BCUT2D eigenvalue weighted by Crippen LogP contribution is 2.29. The van der Waals surface area contributed by atoms with Gasteiger partial charge in [-0.2, -0.15) is 13.2 Å². The molecule has 28 heavy (non-hydrogen) atoms. The molecule has 0 saturated heterocycles. The van der Waals surface area contributed by atoms with Gasteiger partial charge >= 0.3 is 18.0 Å². The predicted octanol–water partition coefficient (Wildman–Crippen LogP) is 2.40. The van der Waals surface area contributed by atoms with E-state index in [4.69, 9.17) is 0 Å². The van der Waals surface area contributed by atoms with E-state index in [0.717, 1.165) is 36.4 Å². The first kappa shape index (κ1) is 20.8. The molecule has 3 N–H and O–H groups in total. The number of aliphatic hydroxyl groups is 1. The van der Waals surface area contributed by atoms with Crippen molar-refractivity contribution in [3.8, 4) is 0 Å². The van der Waals surface area contributed by atoms with Gasteiger partial charge in [-0.1, -0.05) is 12.1 Å². The normalized spacial score (nSPS) is 12.1. The van der Waals surface area contributed by atoms with Crippen LogP contribution in [0.5, 0.6) is 0 Å². The number of benzene rings is 2. The van der Waals surface area contributed by atoms with Crippen molar-refractivity contribution in [2.75, 3.05) is 11.9 Å². The first-order valence-corrected chi connectivity index (χ1v) is 7.77. The number of anilines is 1. The quantitative estimate of drug-likeness (QED) is 0.406. The minimum Gasteiger partial charge on any atom is -0.387 e. The van der Waals surface area contributed by atoms with Crippen LogP contribution in [-0.2, 0) is 15.8 Å². The van der Waals surface area contributed by atoms with Gasteiger partial charge < -0.3 is 15.7 Å². The molecule has 0 aliphatic carbocycles. The van der Waals surface area contributed by atoms with Crippen molar-refractivity contribution in [3.63, 3.8) is 0 Å². The number of halogens is 3. The lowest BCUT2D eigenvalue weighted by Gasteiger charge is -2.13. The van der Waals surface area contributed by atoms with Gasteiger partial charge in [0.25, 0.3) is 5.69 Å². The Balaban J connectivity index is 1.88. The summed E-state index contributed by atoms with van der Waals surface area (Å²) < 4.78 is 37.5. The summed E-state index contributed by atoms with van der Waals surface area (Å²) in [5.41, 5.74) is -0.796. The maximum Gasteiger partial charge on any atom is 0.416 e. The first-order chi connectivity index (χ1) is 13.1. The molecule has 0 radical (unpaired) electrons. The highest BCUT2D eigenvalue weighted by Gasteiger charge is 2.30. The van der Waals surface area contributed by atoms with Crippen molar-refractivity contribution in [3.05, 3.63) is 69.8 Å². The third-order valence-corrected chi connectivity index (χ3v) is 3.62. The monoisotopic (exact) mass is 397 g/mol. The van der Waals surface area contributed by atoms with Gasteiger partial charge in [0, 0.05) is 24.4 Å². The fourth-order valence-electron chi connectivity index (χ4n) is 2.14. The number of amides is 2. The highest BCUT2D eigenvalue weighted by atomic mass is 19.4. The lowest BCUT2D eigenvalue weighted by Crippen LogP contribution is -2.37. The zero-order valence-electron chi connectivity index (χ0n) is 14.1. The van der Waals surface area contributed by atoms with Crippen molar-refractivity contribution in [2.24, 2.45) is 0 Å². The SMILES string of the molecule is O=C(NCC(O)c1ccc(C(F)(F)F)cc1)C(=O)Nc1ccc([N+](=O)[O-])cc1. The predicted molar refractivity (Wildman–Crippen MR) is 91.1 cm³/mol. The van der Waals surface area contributed by atoms with Gasteiger partial charge in [-0.25, -0.2) is 0 Å². The molecular formula is C17H14F3N3O5. The fraction of sp³-hybridized carbons (Fsp3) is 0.176. The number of alkyl halides is 3. The molecule has 0 saturated carbocycles. The van der Waals surface area contributed by atoms with Crippen molar-refractivity contribution in [1.29, 1.82) is 0 Å². The maximum absolute atomic E-state index is 12.5. The molecule has 0 aliphatic heterocycles. The number of nitrogens with zero attached hydrogens (tertiary/aromatic N) is 1. The van der Waals surface area contributed by atoms with Crippen molar-refractivity contribution < 1.29 is 32.8 Å². The minimum atomic E-state index is -4.51. The zero-order valence-corrected chi connectivity index (χ0v) is 14.1. The summed E-state index contributed by atoms with van der Waals surface area (Å²) in [7, 11) is 0. The maximum atomic E-state index is 12.5. The second kappa shape index (κ2) is 8.48. The molecule has 8 nitrogen and oxygen atoms in total. The number of non-ortho nitro benzene ring substituents is 1. The molecule has 1 atom stereocenters. The minimum absolute atomic E-state index is 0.129. The number of nitro benzene ring substituents is 1. The van der Waals surface area contributed by atoms with Crippen LogP contribution in [0.3, 0.4) is 0 Å². The van der Waals surface area contributed by atoms with E-state index < -0.39 is 41.1 Å². The van der Waals surface area contributed by atoms with E-state index in [9.17, 15) is 38.0 Å². The number of hydrogen-bond acceptors (Lipinski definition) is 5. The number of rotatable bonds is 5. The number of carbonyl (C=O) groups is 2. The summed E-state index contributed by atoms with van der Waals surface area (Å²) in [5.74, 6) is -2.17. The first-order valence-electron chi connectivity index (χ1n) is 7.77. The van der Waals surface area contributed by atoms with Crippen molar-refractivity contribution in [1.82, 2.24) is 5.32 Å². The Morgan fingerprint density at radius 1 is 1.04 bits per heavy atom. The molecule has 1 unspecified atom stereocenters. The van der Waals surface area contributed by atoms with Crippen LogP contribution < -0.4 is 10.6 Å². The van der Waals surface area contributed by atoms with Gasteiger partial charge in [0.05, 0.1) is 16.6 Å². The van der Waals surface area contributed by atoms with Gasteiger partial charge in [0.2, 0.25) is 0 Å². The topological polar surface area (TPSA) is 122 Å². The Kier molecular flexibility index (Phi) is 6.31. The number of nitro groups is 1. The molecule has 0 bridgehead atoms. The smallest absolute Gasteiger partial charge is 0.387 e. The molecule has 2 aromatic rings. The molecule has 148 valence electrons. The van der Waals surface area contributed by atoms with Crippen LogP contribution in [0.15, 0.2) is 48.5 Å². The van der Waals surface area contributed by atoms with Crippen molar-refractivity contribution in [2.45, 2.75) is 12.3 Å². The van der Waals surface area contributed by atoms with Crippen LogP contribution in [-0.4, -0.2) is 28.4 Å². The van der Waals surface area contributed by atoms with Gasteiger partial charge in [-0.05, 0) is 29.8 Å². The molecule has 11 heteroatoms. The molecule has 0 aromatic heterocycles. The van der Waals surface area contributed by atoms with Gasteiger partial charge in [-0.15, -0.1) is 0 Å². The fourth-order valence-corrected chi connectivity index (χ4v) is 2.14. The molecule has 0 heterocycles. The van der Waals surface area contributed by atoms with Crippen LogP contribution in [0.2, 0.25) is 0 Å². The van der Waals surface area contributed by atoms with Crippen LogP contribution in [0.25, 0.3) is 0 Å². The van der Waals surface area contributed by atoms with E-state index in [0.29, 0.717) is 0 Å². The van der Waals surface area contributed by atoms with E-state index in [1.54, 1.807) is 0 Å². The Morgan fingerprint density at radius 2 is 1.61 bits per heavy atom. The Labute approximate surface area is 156 Å². The average Bonchev–Trinajstić information content (AvgIpc) is 2.65. The summed E-state index contributed by atoms with van der Waals surface area (Å²) in [6.07, 6.45) is -5.83. The third kappa shape index (κ3) is 5.51. The Hall–Kier alpha value is -3.47. The van der Waals surface area contributed by atoms with E-state index in [-0.39, 0.29) is 16.9 Å². The van der Waals surface area contributed by atoms with E-state index in [2.05, 4.69) is 10.6 Å². The molecule has 2 aromatic carbocycles. The number of nitrogens with one attached hydrogen (secondary N) is 2. The summed E-state index contributed by atoms with van der Waals surface area (Å²) in [5, 5.41) is 24.8. The van der Waals surface area contributed by atoms with Gasteiger partial charge in [0.1, 0.15) is 0 Å². The summed E-state index contributed by atoms with van der Waals surface area (Å²) in [6.45, 7) is -0.405. The van der Waals surface area contributed by atoms with E-state index in [1.165, 1.54) is 12.1 Å². The summed E-state index contributed by atoms with van der Waals surface area (Å²) >= 11 is 0. The molecule has 0 spiro atoms. The largest absolute Gasteiger partial charge is 0.416 e. The number of carbonyl (C=O) groups excluding carboxylic acids is 2. The van der Waals surface area contributed by atoms with Crippen LogP contribution in [0.1, 0.15) is 17.2 Å². The third-order valence-electron chi connectivity index (χ3n) is 3.62. The van der Waals surface area contributed by atoms with Gasteiger partial charge in [0.15, 0.2) is 0 Å². The number of aliphatic hydroxyl groups excluding tert-OH is 1. The van der Waals surface area contributed by atoms with E-state index >= 15 is 0 Å². The van der Waals surface area contributed by atoms with Gasteiger partial charge in [-0.3, -0.25) is 19.7 Å². The second-order valence-electron chi connectivity index (χ2n) is 5.60. The number of hydrogen-bond donors (Lipinski definition) is 3. The Morgan fingerprint density at radius 3 is 2.11 bits per heavy atom. The molecule has 2 rings (SSSR count). The van der Waals surface area contributed by atoms with Crippen LogP contribution in [0.4, 0.5) is 24.5 Å². The molecule has 0 fully saturated rings. The van der Waals surface area contributed by atoms with Crippen LogP contribution in [0, 0.1) is 10.1 Å². The van der Waals surface area contributed by atoms with E-state index in [1.807, 2.05) is 0 Å². The molecular weight excluding hydrogens is 383 g/mol. The lowest BCUT2D eigenvalue weighted by atomic mass is 10.1. The summed E-state index contributed by atoms with van der Waals surface area (Å²) in [6, 6.07) is 8.47. The zero-order chi connectivity index (χ0) is 20.9. The summed E-state index contributed by atoms with van der Waals surface area (Å²) in [4.78, 5) is 33.5. The molecule has 0 aliphatic rings. The van der Waals surface area contributed by atoms with Crippen molar-refractivity contribution >= 4 is 23.2 Å². The highest BCUT2D eigenvalue weighted by molar-refractivity contribution is 6.39.